The number of hydrogen-bond acceptors (Lipinski definition) is 5. The average molecular weight is 292 g/mol. The Hall–Kier alpha value is -2.95. The van der Waals surface area contributed by atoms with Crippen LogP contribution in [0.5, 0.6) is 5.75 Å². The largest absolute Gasteiger partial charge is 0.497 e. The van der Waals surface area contributed by atoms with E-state index in [1.165, 1.54) is 0 Å². The van der Waals surface area contributed by atoms with Gasteiger partial charge in [0.05, 0.1) is 25.2 Å². The van der Waals surface area contributed by atoms with E-state index in [-0.39, 0.29) is 0 Å². The summed E-state index contributed by atoms with van der Waals surface area (Å²) in [5.74, 6) is 1.60. The third-order valence-corrected chi connectivity index (χ3v) is 3.26. The molecule has 0 unspecified atom stereocenters. The molecule has 0 aliphatic rings. The summed E-state index contributed by atoms with van der Waals surface area (Å²) in [5, 5.41) is 3.25. The first-order valence-corrected chi connectivity index (χ1v) is 6.94. The van der Waals surface area contributed by atoms with Crippen LogP contribution in [0.1, 0.15) is 5.56 Å². The molecule has 0 aliphatic carbocycles. The third kappa shape index (κ3) is 3.38. The normalized spacial score (nSPS) is 10.2. The summed E-state index contributed by atoms with van der Waals surface area (Å²) in [7, 11) is 1.66. The predicted molar refractivity (Wildman–Crippen MR) is 85.6 cm³/mol. The van der Waals surface area contributed by atoms with Gasteiger partial charge in [-0.1, -0.05) is 12.1 Å². The first-order valence-electron chi connectivity index (χ1n) is 6.94. The van der Waals surface area contributed by atoms with Gasteiger partial charge in [-0.15, -0.1) is 0 Å². The maximum absolute atomic E-state index is 5.14. The molecule has 5 heteroatoms. The second-order valence-electron chi connectivity index (χ2n) is 4.72. The zero-order valence-corrected chi connectivity index (χ0v) is 12.2. The maximum Gasteiger partial charge on any atom is 0.144 e. The summed E-state index contributed by atoms with van der Waals surface area (Å²) < 4.78 is 5.14. The van der Waals surface area contributed by atoms with Crippen LogP contribution in [0.15, 0.2) is 61.2 Å². The number of nitrogens with zero attached hydrogens (tertiary/aromatic N) is 3. The Morgan fingerprint density at radius 1 is 0.955 bits per heavy atom. The van der Waals surface area contributed by atoms with Gasteiger partial charge >= 0.3 is 0 Å². The molecule has 0 saturated heterocycles. The fourth-order valence-corrected chi connectivity index (χ4v) is 2.03. The molecule has 2 aromatic heterocycles. The quantitative estimate of drug-likeness (QED) is 0.782. The molecule has 22 heavy (non-hydrogen) atoms. The first-order chi connectivity index (χ1) is 10.8. The summed E-state index contributed by atoms with van der Waals surface area (Å²) in [5.41, 5.74) is 2.99. The van der Waals surface area contributed by atoms with Crippen LogP contribution < -0.4 is 10.1 Å². The molecule has 0 saturated carbocycles. The second-order valence-corrected chi connectivity index (χ2v) is 4.72. The number of benzene rings is 1. The van der Waals surface area contributed by atoms with Crippen LogP contribution >= 0.6 is 0 Å². The molecule has 2 heterocycles. The van der Waals surface area contributed by atoms with Crippen molar-refractivity contribution >= 4 is 5.82 Å². The Morgan fingerprint density at radius 2 is 1.73 bits per heavy atom. The van der Waals surface area contributed by atoms with E-state index in [0.717, 1.165) is 28.4 Å². The fourth-order valence-electron chi connectivity index (χ4n) is 2.03. The van der Waals surface area contributed by atoms with Crippen molar-refractivity contribution in [1.29, 1.82) is 0 Å². The van der Waals surface area contributed by atoms with Crippen LogP contribution in [0.2, 0.25) is 0 Å². The van der Waals surface area contributed by atoms with Crippen molar-refractivity contribution in [2.75, 3.05) is 12.4 Å². The van der Waals surface area contributed by atoms with Crippen LogP contribution in [-0.4, -0.2) is 22.1 Å². The summed E-state index contributed by atoms with van der Waals surface area (Å²) >= 11 is 0. The molecular weight excluding hydrogens is 276 g/mol. The number of pyridine rings is 1. The smallest absolute Gasteiger partial charge is 0.144 e. The second kappa shape index (κ2) is 6.67. The van der Waals surface area contributed by atoms with Gasteiger partial charge < -0.3 is 10.1 Å². The summed E-state index contributed by atoms with van der Waals surface area (Å²) in [6.45, 7) is 0.688. The summed E-state index contributed by atoms with van der Waals surface area (Å²) in [6.07, 6.45) is 6.98. The molecular formula is C17H16N4O. The highest BCUT2D eigenvalue weighted by Gasteiger charge is 2.01. The zero-order chi connectivity index (χ0) is 15.2. The van der Waals surface area contributed by atoms with Gasteiger partial charge in [-0.2, -0.15) is 0 Å². The Labute approximate surface area is 129 Å². The minimum absolute atomic E-state index is 0.688. The van der Waals surface area contributed by atoms with Crippen molar-refractivity contribution in [3.63, 3.8) is 0 Å². The van der Waals surface area contributed by atoms with Gasteiger partial charge in [0.15, 0.2) is 0 Å². The highest BCUT2D eigenvalue weighted by Crippen LogP contribution is 2.16. The molecule has 0 radical (unpaired) electrons. The summed E-state index contributed by atoms with van der Waals surface area (Å²) in [4.78, 5) is 12.8. The highest BCUT2D eigenvalue weighted by molar-refractivity contribution is 5.57. The molecule has 0 atom stereocenters. The van der Waals surface area contributed by atoms with Crippen molar-refractivity contribution in [3.8, 4) is 17.0 Å². The first kappa shape index (κ1) is 14.0. The minimum atomic E-state index is 0.688. The van der Waals surface area contributed by atoms with Gasteiger partial charge in [-0.05, 0) is 29.8 Å². The number of ether oxygens (including phenoxy) is 1. The highest BCUT2D eigenvalue weighted by atomic mass is 16.5. The molecule has 0 amide bonds. The van der Waals surface area contributed by atoms with Gasteiger partial charge in [0.1, 0.15) is 11.6 Å². The van der Waals surface area contributed by atoms with Gasteiger partial charge in [0, 0.05) is 24.5 Å². The van der Waals surface area contributed by atoms with Crippen molar-refractivity contribution in [2.24, 2.45) is 0 Å². The van der Waals surface area contributed by atoms with Gasteiger partial charge in [0.25, 0.3) is 0 Å². The van der Waals surface area contributed by atoms with E-state index in [4.69, 9.17) is 4.74 Å². The molecule has 0 fully saturated rings. The van der Waals surface area contributed by atoms with Crippen molar-refractivity contribution < 1.29 is 4.74 Å². The topological polar surface area (TPSA) is 59.9 Å². The summed E-state index contributed by atoms with van der Waals surface area (Å²) in [6, 6.07) is 11.7. The van der Waals surface area contributed by atoms with Crippen molar-refractivity contribution in [2.45, 2.75) is 6.54 Å². The van der Waals surface area contributed by atoms with E-state index in [0.29, 0.717) is 6.54 Å². The molecule has 3 rings (SSSR count). The number of anilines is 1. The fraction of sp³-hybridized carbons (Fsp3) is 0.118. The molecule has 0 bridgehead atoms. The van der Waals surface area contributed by atoms with E-state index in [1.54, 1.807) is 31.9 Å². The monoisotopic (exact) mass is 292 g/mol. The lowest BCUT2D eigenvalue weighted by molar-refractivity contribution is 0.414. The molecule has 0 aliphatic heterocycles. The van der Waals surface area contributed by atoms with Gasteiger partial charge in [-0.25, -0.2) is 4.98 Å². The molecule has 110 valence electrons. The lowest BCUT2D eigenvalue weighted by atomic mass is 10.2. The van der Waals surface area contributed by atoms with E-state index in [2.05, 4.69) is 20.3 Å². The van der Waals surface area contributed by atoms with Crippen LogP contribution in [0.25, 0.3) is 11.3 Å². The number of hydrogen-bond donors (Lipinski definition) is 1. The van der Waals surface area contributed by atoms with Crippen molar-refractivity contribution in [1.82, 2.24) is 15.0 Å². The number of nitrogens with one attached hydrogen (secondary N) is 1. The Morgan fingerprint density at radius 3 is 2.36 bits per heavy atom. The van der Waals surface area contributed by atoms with Gasteiger partial charge in [0.2, 0.25) is 0 Å². The van der Waals surface area contributed by atoms with E-state index in [1.807, 2.05) is 36.4 Å². The predicted octanol–water partition coefficient (Wildman–Crippen LogP) is 3.16. The standard InChI is InChI=1S/C17H16N4O/c1-22-15-4-2-13(3-5-15)10-20-17-12-19-16(11-21-17)14-6-8-18-9-7-14/h2-9,11-12H,10H2,1H3,(H,20,21). The van der Waals surface area contributed by atoms with Gasteiger partial charge in [-0.3, -0.25) is 9.97 Å². The van der Waals surface area contributed by atoms with E-state index >= 15 is 0 Å². The van der Waals surface area contributed by atoms with Crippen LogP contribution in [-0.2, 0) is 6.54 Å². The van der Waals surface area contributed by atoms with E-state index < -0.39 is 0 Å². The zero-order valence-electron chi connectivity index (χ0n) is 12.2. The molecule has 1 N–H and O–H groups in total. The lowest BCUT2D eigenvalue weighted by Gasteiger charge is -2.07. The number of aromatic nitrogens is 3. The molecule has 5 nitrogen and oxygen atoms in total. The number of methoxy groups -OCH3 is 1. The Kier molecular flexibility index (Phi) is 4.25. The third-order valence-electron chi connectivity index (χ3n) is 3.26. The van der Waals surface area contributed by atoms with Crippen LogP contribution in [0.4, 0.5) is 5.82 Å². The molecule has 3 aromatic rings. The maximum atomic E-state index is 5.14. The van der Waals surface area contributed by atoms with Crippen LogP contribution in [0.3, 0.4) is 0 Å². The van der Waals surface area contributed by atoms with E-state index in [9.17, 15) is 0 Å². The lowest BCUT2D eigenvalue weighted by Crippen LogP contribution is -2.02. The Balaban J connectivity index is 1.63. The van der Waals surface area contributed by atoms with Crippen LogP contribution in [0, 0.1) is 0 Å². The SMILES string of the molecule is COc1ccc(CNc2cnc(-c3ccncc3)cn2)cc1. The van der Waals surface area contributed by atoms with Crippen molar-refractivity contribution in [3.05, 3.63) is 66.7 Å². The average Bonchev–Trinajstić information content (AvgIpc) is 2.61. The Bertz CT molecular complexity index is 712. The molecule has 1 aromatic carbocycles. The number of rotatable bonds is 5. The minimum Gasteiger partial charge on any atom is -0.497 e. The molecule has 0 spiro atoms.